The number of rotatable bonds is 9. The summed E-state index contributed by atoms with van der Waals surface area (Å²) in [5, 5.41) is 9.33. The summed E-state index contributed by atoms with van der Waals surface area (Å²) in [6.45, 7) is 9.66. The number of alkyl halides is 3. The third-order valence-electron chi connectivity index (χ3n) is 4.83. The molecule has 0 saturated carbocycles. The third-order valence-corrected chi connectivity index (χ3v) is 4.83. The van der Waals surface area contributed by atoms with Crippen LogP contribution in [0.25, 0.3) is 11.4 Å². The average molecular weight is 523 g/mol. The number of nitrogens with one attached hydrogen (secondary N) is 2. The Morgan fingerprint density at radius 1 is 1.08 bits per heavy atom. The molecule has 2 atom stereocenters. The van der Waals surface area contributed by atoms with Gasteiger partial charge in [-0.3, -0.25) is 5.32 Å². The Morgan fingerprint density at radius 3 is 2.43 bits per heavy atom. The van der Waals surface area contributed by atoms with Crippen molar-refractivity contribution in [2.45, 2.75) is 65.0 Å². The number of aromatic nitrogens is 4. The SMILES string of the molecule is CC(CCOC(=O)Nc1ccnc(NC(C)c2nc(-c3ccc(C(F)(F)F)cc3)no2)n1)OC(C)(C)C. The van der Waals surface area contributed by atoms with E-state index in [1.807, 2.05) is 27.7 Å². The molecule has 1 aromatic carbocycles. The van der Waals surface area contributed by atoms with Crippen molar-refractivity contribution in [2.75, 3.05) is 17.2 Å². The number of nitrogens with zero attached hydrogens (tertiary/aromatic N) is 4. The highest BCUT2D eigenvalue weighted by Crippen LogP contribution is 2.30. The maximum Gasteiger partial charge on any atom is 0.416 e. The minimum absolute atomic E-state index is 0.0754. The van der Waals surface area contributed by atoms with E-state index in [-0.39, 0.29) is 41.8 Å². The van der Waals surface area contributed by atoms with Gasteiger partial charge in [-0.1, -0.05) is 17.3 Å². The number of carbonyl (C=O) groups excluding carboxylic acids is 1. The van der Waals surface area contributed by atoms with E-state index in [1.165, 1.54) is 24.4 Å². The van der Waals surface area contributed by atoms with Gasteiger partial charge >= 0.3 is 12.3 Å². The normalized spacial score (nSPS) is 13.6. The number of amides is 1. The van der Waals surface area contributed by atoms with Crippen molar-refractivity contribution in [1.29, 1.82) is 0 Å². The maximum absolute atomic E-state index is 12.8. The molecule has 0 aliphatic heterocycles. The molecule has 3 aromatic rings. The predicted octanol–water partition coefficient (Wildman–Crippen LogP) is 5.86. The average Bonchev–Trinajstić information content (AvgIpc) is 3.28. The summed E-state index contributed by atoms with van der Waals surface area (Å²) < 4.78 is 54.5. The summed E-state index contributed by atoms with van der Waals surface area (Å²) in [6, 6.07) is 5.39. The molecule has 0 radical (unpaired) electrons. The largest absolute Gasteiger partial charge is 0.449 e. The lowest BCUT2D eigenvalue weighted by molar-refractivity contribution is -0.137. The highest BCUT2D eigenvalue weighted by atomic mass is 19.4. The number of benzene rings is 1. The fourth-order valence-electron chi connectivity index (χ4n) is 3.21. The number of hydrogen-bond acceptors (Lipinski definition) is 9. The third kappa shape index (κ3) is 8.70. The minimum Gasteiger partial charge on any atom is -0.449 e. The van der Waals surface area contributed by atoms with Crippen LogP contribution in [-0.4, -0.2) is 44.5 Å². The van der Waals surface area contributed by atoms with Crippen molar-refractivity contribution in [3.05, 3.63) is 48.0 Å². The molecule has 2 aromatic heterocycles. The summed E-state index contributed by atoms with van der Waals surface area (Å²) in [6.07, 6.45) is -3.19. The summed E-state index contributed by atoms with van der Waals surface area (Å²) in [4.78, 5) is 24.6. The van der Waals surface area contributed by atoms with Gasteiger partial charge in [0.1, 0.15) is 11.9 Å². The molecule has 200 valence electrons. The minimum atomic E-state index is -4.43. The molecule has 37 heavy (non-hydrogen) atoms. The molecular formula is C24H29F3N6O4. The lowest BCUT2D eigenvalue weighted by Crippen LogP contribution is -2.27. The molecule has 13 heteroatoms. The van der Waals surface area contributed by atoms with Gasteiger partial charge in [-0.15, -0.1) is 0 Å². The van der Waals surface area contributed by atoms with Crippen LogP contribution in [0.3, 0.4) is 0 Å². The van der Waals surface area contributed by atoms with Gasteiger partial charge in [-0.2, -0.15) is 23.1 Å². The van der Waals surface area contributed by atoms with Crippen LogP contribution < -0.4 is 10.6 Å². The van der Waals surface area contributed by atoms with Crippen LogP contribution in [-0.2, 0) is 15.7 Å². The topological polar surface area (TPSA) is 124 Å². The molecule has 0 bridgehead atoms. The highest BCUT2D eigenvalue weighted by Gasteiger charge is 2.30. The predicted molar refractivity (Wildman–Crippen MR) is 129 cm³/mol. The molecule has 0 spiro atoms. The van der Waals surface area contributed by atoms with E-state index in [9.17, 15) is 18.0 Å². The Morgan fingerprint density at radius 2 is 1.78 bits per heavy atom. The van der Waals surface area contributed by atoms with Crippen molar-refractivity contribution < 1.29 is 32.0 Å². The summed E-state index contributed by atoms with van der Waals surface area (Å²) >= 11 is 0. The second kappa shape index (κ2) is 11.5. The van der Waals surface area contributed by atoms with Crippen molar-refractivity contribution in [2.24, 2.45) is 0 Å². The monoisotopic (exact) mass is 522 g/mol. The van der Waals surface area contributed by atoms with Crippen molar-refractivity contribution in [1.82, 2.24) is 20.1 Å². The van der Waals surface area contributed by atoms with Crippen LogP contribution in [0.1, 0.15) is 58.5 Å². The number of carbonyl (C=O) groups is 1. The van der Waals surface area contributed by atoms with Gasteiger partial charge in [-0.25, -0.2) is 9.78 Å². The summed E-state index contributed by atoms with van der Waals surface area (Å²) in [7, 11) is 0. The Balaban J connectivity index is 1.53. The van der Waals surface area contributed by atoms with Crippen LogP contribution >= 0.6 is 0 Å². The highest BCUT2D eigenvalue weighted by molar-refractivity contribution is 5.83. The Kier molecular flexibility index (Phi) is 8.69. The molecular weight excluding hydrogens is 493 g/mol. The lowest BCUT2D eigenvalue weighted by atomic mass is 10.1. The van der Waals surface area contributed by atoms with Crippen LogP contribution in [0.15, 0.2) is 41.1 Å². The maximum atomic E-state index is 12.8. The van der Waals surface area contributed by atoms with E-state index in [0.29, 0.717) is 12.0 Å². The van der Waals surface area contributed by atoms with Crippen molar-refractivity contribution in [3.63, 3.8) is 0 Å². The Hall–Kier alpha value is -3.74. The fourth-order valence-corrected chi connectivity index (χ4v) is 3.21. The van der Waals surface area contributed by atoms with Crippen LogP contribution in [0.5, 0.6) is 0 Å². The standard InChI is InChI=1S/C24H29F3N6O4/c1-14(36-23(3,4)5)11-13-35-22(34)31-18-10-12-28-21(30-18)29-15(2)20-32-19(33-37-20)16-6-8-17(9-7-16)24(25,26)27/h6-10,12,14-15H,11,13H2,1-5H3,(H2,28,29,30,31,34). The quantitative estimate of drug-likeness (QED) is 0.355. The Labute approximate surface area is 212 Å². The first kappa shape index (κ1) is 27.8. The first-order valence-corrected chi connectivity index (χ1v) is 11.5. The second-order valence-corrected chi connectivity index (χ2v) is 9.25. The van der Waals surface area contributed by atoms with E-state index in [0.717, 1.165) is 12.1 Å². The van der Waals surface area contributed by atoms with Gasteiger partial charge in [0.15, 0.2) is 0 Å². The molecule has 10 nitrogen and oxygen atoms in total. The van der Waals surface area contributed by atoms with Crippen LogP contribution in [0.2, 0.25) is 0 Å². The van der Waals surface area contributed by atoms with Gasteiger partial charge < -0.3 is 19.3 Å². The van der Waals surface area contributed by atoms with E-state index in [1.54, 1.807) is 6.92 Å². The van der Waals surface area contributed by atoms with Gasteiger partial charge in [0.05, 0.1) is 23.9 Å². The van der Waals surface area contributed by atoms with Crippen LogP contribution in [0, 0.1) is 0 Å². The molecule has 2 N–H and O–H groups in total. The molecule has 0 aliphatic carbocycles. The zero-order valence-electron chi connectivity index (χ0n) is 21.1. The van der Waals surface area contributed by atoms with Crippen molar-refractivity contribution in [3.8, 4) is 11.4 Å². The van der Waals surface area contributed by atoms with Gasteiger partial charge in [-0.05, 0) is 52.8 Å². The molecule has 2 heterocycles. The van der Waals surface area contributed by atoms with E-state index >= 15 is 0 Å². The van der Waals surface area contributed by atoms with E-state index in [4.69, 9.17) is 14.0 Å². The molecule has 0 fully saturated rings. The number of halogens is 3. The van der Waals surface area contributed by atoms with Gasteiger partial charge in [0.25, 0.3) is 0 Å². The number of ether oxygens (including phenoxy) is 2. The van der Waals surface area contributed by atoms with Crippen molar-refractivity contribution >= 4 is 17.9 Å². The van der Waals surface area contributed by atoms with Gasteiger partial charge in [0.2, 0.25) is 17.7 Å². The number of anilines is 2. The smallest absolute Gasteiger partial charge is 0.416 e. The zero-order valence-corrected chi connectivity index (χ0v) is 21.1. The zero-order chi connectivity index (χ0) is 27.2. The summed E-state index contributed by atoms with van der Waals surface area (Å²) in [5.41, 5.74) is -0.682. The van der Waals surface area contributed by atoms with Gasteiger partial charge in [0, 0.05) is 18.2 Å². The molecule has 0 saturated heterocycles. The molecule has 0 aliphatic rings. The Bertz CT molecular complexity index is 1180. The molecule has 1 amide bonds. The van der Waals surface area contributed by atoms with E-state index in [2.05, 4.69) is 30.7 Å². The molecule has 2 unspecified atom stereocenters. The molecule has 3 rings (SSSR count). The summed E-state index contributed by atoms with van der Waals surface area (Å²) in [5.74, 6) is 0.693. The first-order valence-electron chi connectivity index (χ1n) is 11.5. The fraction of sp³-hybridized carbons (Fsp3) is 0.458. The lowest BCUT2D eigenvalue weighted by Gasteiger charge is -2.24. The first-order chi connectivity index (χ1) is 17.3. The number of hydrogen-bond donors (Lipinski definition) is 2. The van der Waals surface area contributed by atoms with E-state index < -0.39 is 23.9 Å². The van der Waals surface area contributed by atoms with Crippen LogP contribution in [0.4, 0.5) is 29.7 Å². The second-order valence-electron chi connectivity index (χ2n) is 9.25.